The van der Waals surface area contributed by atoms with E-state index >= 15 is 0 Å². The number of hydrogen-bond donors (Lipinski definition) is 0. The molecule has 0 bridgehead atoms. The zero-order chi connectivity index (χ0) is 20.5. The lowest BCUT2D eigenvalue weighted by Gasteiger charge is -2.33. The smallest absolute Gasteiger partial charge is 0.338 e. The normalized spacial score (nSPS) is 15.5. The number of hydrogen-bond acceptors (Lipinski definition) is 6. The van der Waals surface area contributed by atoms with Crippen LogP contribution >= 0.6 is 22.9 Å². The molecule has 1 aromatic heterocycles. The minimum absolute atomic E-state index is 0.00831. The van der Waals surface area contributed by atoms with Crippen LogP contribution in [0, 0.1) is 5.82 Å². The second-order valence-electron chi connectivity index (χ2n) is 5.94. The van der Waals surface area contributed by atoms with Crippen molar-refractivity contribution in [3.63, 3.8) is 0 Å². The first-order valence-corrected chi connectivity index (χ1v) is 10.9. The van der Waals surface area contributed by atoms with Crippen LogP contribution in [-0.4, -0.2) is 62.8 Å². The number of rotatable bonds is 4. The molecule has 1 saturated heterocycles. The Morgan fingerprint density at radius 2 is 1.89 bits per heavy atom. The van der Waals surface area contributed by atoms with Crippen LogP contribution in [0.4, 0.5) is 4.39 Å². The zero-order valence-electron chi connectivity index (χ0n) is 14.7. The summed E-state index contributed by atoms with van der Waals surface area (Å²) in [4.78, 5) is 25.5. The summed E-state index contributed by atoms with van der Waals surface area (Å²) in [6.45, 7) is 0.285. The van der Waals surface area contributed by atoms with E-state index in [0.29, 0.717) is 0 Å². The minimum Gasteiger partial charge on any atom is -0.465 e. The molecule has 1 aromatic carbocycles. The Hall–Kier alpha value is -2.01. The molecular formula is C17H16ClFN2O5S2. The van der Waals surface area contributed by atoms with Gasteiger partial charge in [0.25, 0.3) is 15.9 Å². The molecule has 150 valence electrons. The highest BCUT2D eigenvalue weighted by Crippen LogP contribution is 2.26. The number of carbonyl (C=O) groups excluding carboxylic acids is 2. The third-order valence-electron chi connectivity index (χ3n) is 4.29. The number of methoxy groups -OCH3 is 1. The predicted molar refractivity (Wildman–Crippen MR) is 102 cm³/mol. The van der Waals surface area contributed by atoms with E-state index in [0.717, 1.165) is 17.4 Å². The first-order chi connectivity index (χ1) is 13.3. The van der Waals surface area contributed by atoms with Crippen LogP contribution in [0.2, 0.25) is 5.02 Å². The van der Waals surface area contributed by atoms with Crippen molar-refractivity contribution >= 4 is 44.8 Å². The van der Waals surface area contributed by atoms with Gasteiger partial charge in [0, 0.05) is 31.6 Å². The highest BCUT2D eigenvalue weighted by molar-refractivity contribution is 7.91. The molecule has 3 rings (SSSR count). The van der Waals surface area contributed by atoms with Crippen LogP contribution in [0.25, 0.3) is 0 Å². The van der Waals surface area contributed by atoms with Crippen LogP contribution in [0.15, 0.2) is 33.9 Å². The standard InChI is InChI=1S/C17H16ClFN2O5S2/c1-26-17(23)11-9-14(27-10-11)28(24,25)21-7-5-20(6-8-21)16(22)15-12(18)3-2-4-13(15)19/h2-4,9-10H,5-8H2,1H3. The Morgan fingerprint density at radius 3 is 2.50 bits per heavy atom. The number of esters is 1. The van der Waals surface area contributed by atoms with Gasteiger partial charge in [-0.1, -0.05) is 17.7 Å². The Kier molecular flexibility index (Phi) is 6.04. The van der Waals surface area contributed by atoms with Gasteiger partial charge in [0.05, 0.1) is 23.3 Å². The number of ether oxygens (including phenoxy) is 1. The van der Waals surface area contributed by atoms with Gasteiger partial charge >= 0.3 is 5.97 Å². The van der Waals surface area contributed by atoms with Crippen molar-refractivity contribution in [2.75, 3.05) is 33.3 Å². The summed E-state index contributed by atoms with van der Waals surface area (Å²) in [6, 6.07) is 5.24. The summed E-state index contributed by atoms with van der Waals surface area (Å²) >= 11 is 6.86. The number of piperazine rings is 1. The lowest BCUT2D eigenvalue weighted by atomic mass is 10.1. The molecule has 0 unspecified atom stereocenters. The molecule has 0 atom stereocenters. The first kappa shape index (κ1) is 20.7. The molecule has 0 N–H and O–H groups in total. The third kappa shape index (κ3) is 3.90. The third-order valence-corrected chi connectivity index (χ3v) is 7.92. The van der Waals surface area contributed by atoms with Crippen molar-refractivity contribution in [1.82, 2.24) is 9.21 Å². The van der Waals surface area contributed by atoms with Crippen LogP contribution in [0.3, 0.4) is 0 Å². The summed E-state index contributed by atoms with van der Waals surface area (Å²) in [6.07, 6.45) is 0. The lowest BCUT2D eigenvalue weighted by Crippen LogP contribution is -2.50. The summed E-state index contributed by atoms with van der Waals surface area (Å²) in [5.74, 6) is -1.92. The number of halogens is 2. The molecule has 1 amide bonds. The number of sulfonamides is 1. The number of amides is 1. The number of benzene rings is 1. The molecule has 0 saturated carbocycles. The average Bonchev–Trinajstić information content (AvgIpc) is 3.18. The van der Waals surface area contributed by atoms with E-state index in [1.165, 1.54) is 39.9 Å². The quantitative estimate of drug-likeness (QED) is 0.674. The van der Waals surface area contributed by atoms with Gasteiger partial charge in [-0.15, -0.1) is 11.3 Å². The summed E-state index contributed by atoms with van der Waals surface area (Å²) < 4.78 is 45.3. The van der Waals surface area contributed by atoms with Gasteiger partial charge in [-0.05, 0) is 18.2 Å². The molecule has 0 spiro atoms. The van der Waals surface area contributed by atoms with E-state index in [9.17, 15) is 22.4 Å². The van der Waals surface area contributed by atoms with Gasteiger partial charge in [0.1, 0.15) is 10.0 Å². The van der Waals surface area contributed by atoms with E-state index in [-0.39, 0.29) is 46.5 Å². The maximum absolute atomic E-state index is 14.0. The summed E-state index contributed by atoms with van der Waals surface area (Å²) in [5, 5.41) is 1.42. The molecule has 11 heteroatoms. The summed E-state index contributed by atoms with van der Waals surface area (Å²) in [5.41, 5.74) is -0.0597. The van der Waals surface area contributed by atoms with E-state index < -0.39 is 27.7 Å². The van der Waals surface area contributed by atoms with E-state index in [1.807, 2.05) is 0 Å². The Balaban J connectivity index is 1.72. The maximum Gasteiger partial charge on any atom is 0.338 e. The monoisotopic (exact) mass is 446 g/mol. The first-order valence-electron chi connectivity index (χ1n) is 8.16. The fourth-order valence-corrected chi connectivity index (χ4v) is 5.76. The maximum atomic E-state index is 14.0. The second kappa shape index (κ2) is 8.16. The molecule has 7 nitrogen and oxygen atoms in total. The van der Waals surface area contributed by atoms with Gasteiger partial charge in [0.2, 0.25) is 0 Å². The van der Waals surface area contributed by atoms with Crippen LogP contribution in [0.5, 0.6) is 0 Å². The molecule has 28 heavy (non-hydrogen) atoms. The average molecular weight is 447 g/mol. The van der Waals surface area contributed by atoms with E-state index in [4.69, 9.17) is 11.6 Å². The molecule has 0 aliphatic carbocycles. The van der Waals surface area contributed by atoms with Gasteiger partial charge in [0.15, 0.2) is 0 Å². The van der Waals surface area contributed by atoms with Crippen molar-refractivity contribution in [3.05, 3.63) is 51.6 Å². The Morgan fingerprint density at radius 1 is 1.21 bits per heavy atom. The molecule has 2 heterocycles. The van der Waals surface area contributed by atoms with Crippen LogP contribution < -0.4 is 0 Å². The van der Waals surface area contributed by atoms with Crippen molar-refractivity contribution in [2.24, 2.45) is 0 Å². The molecule has 1 aliphatic heterocycles. The van der Waals surface area contributed by atoms with Crippen molar-refractivity contribution in [2.45, 2.75) is 4.21 Å². The van der Waals surface area contributed by atoms with Crippen molar-refractivity contribution in [1.29, 1.82) is 0 Å². The number of carbonyl (C=O) groups is 2. The summed E-state index contributed by atoms with van der Waals surface area (Å²) in [7, 11) is -2.59. The van der Waals surface area contributed by atoms with Gasteiger partial charge in [-0.3, -0.25) is 4.79 Å². The molecule has 2 aromatic rings. The highest BCUT2D eigenvalue weighted by atomic mass is 35.5. The minimum atomic E-state index is -3.81. The van der Waals surface area contributed by atoms with E-state index in [2.05, 4.69) is 4.74 Å². The van der Waals surface area contributed by atoms with Crippen LogP contribution in [0.1, 0.15) is 20.7 Å². The highest BCUT2D eigenvalue weighted by Gasteiger charge is 2.33. The van der Waals surface area contributed by atoms with Gasteiger partial charge < -0.3 is 9.64 Å². The van der Waals surface area contributed by atoms with Gasteiger partial charge in [-0.2, -0.15) is 4.31 Å². The van der Waals surface area contributed by atoms with Crippen LogP contribution in [-0.2, 0) is 14.8 Å². The second-order valence-corrected chi connectivity index (χ2v) is 9.42. The Labute approximate surface area is 170 Å². The predicted octanol–water partition coefficient (Wildman–Crippen LogP) is 2.47. The Bertz CT molecular complexity index is 996. The number of thiophene rings is 1. The zero-order valence-corrected chi connectivity index (χ0v) is 17.1. The SMILES string of the molecule is COC(=O)c1csc(S(=O)(=O)N2CCN(C(=O)c3c(F)cccc3Cl)CC2)c1. The largest absolute Gasteiger partial charge is 0.465 e. The fraction of sp³-hybridized carbons (Fsp3) is 0.294. The molecule has 1 fully saturated rings. The molecule has 0 radical (unpaired) electrons. The fourth-order valence-electron chi connectivity index (χ4n) is 2.80. The number of nitrogens with zero attached hydrogens (tertiary/aromatic N) is 2. The van der Waals surface area contributed by atoms with Crippen molar-refractivity contribution in [3.8, 4) is 0 Å². The van der Waals surface area contributed by atoms with Crippen molar-refractivity contribution < 1.29 is 27.1 Å². The lowest BCUT2D eigenvalue weighted by molar-refractivity contribution is 0.0600. The van der Waals surface area contributed by atoms with Gasteiger partial charge in [-0.25, -0.2) is 17.6 Å². The van der Waals surface area contributed by atoms with E-state index in [1.54, 1.807) is 0 Å². The molecular weight excluding hydrogens is 431 g/mol. The molecule has 1 aliphatic rings. The topological polar surface area (TPSA) is 84.0 Å².